The summed E-state index contributed by atoms with van der Waals surface area (Å²) in [7, 11) is -2.54. The minimum absolute atomic E-state index is 0. The molecule has 169 valence electrons. The Kier molecular flexibility index (Phi) is 9.70. The van der Waals surface area contributed by atoms with E-state index in [2.05, 4.69) is 126 Å². The van der Waals surface area contributed by atoms with Crippen LogP contribution in [0.25, 0.3) is 0 Å². The van der Waals surface area contributed by atoms with Crippen LogP contribution in [0, 0.1) is 34.8 Å². The Hall–Kier alpha value is -1.93. The summed E-state index contributed by atoms with van der Waals surface area (Å²) in [6.45, 7) is 13.8. The van der Waals surface area contributed by atoms with Crippen LogP contribution in [0.2, 0.25) is 5.04 Å². The van der Waals surface area contributed by atoms with Crippen LogP contribution in [-0.4, -0.2) is 8.07 Å². The molecular formula is C31H37SiTi. The fourth-order valence-electron chi connectivity index (χ4n) is 5.55. The van der Waals surface area contributed by atoms with E-state index in [1.165, 1.54) is 43.4 Å². The summed E-state index contributed by atoms with van der Waals surface area (Å²) < 4.78 is 0. The molecule has 1 aliphatic carbocycles. The van der Waals surface area contributed by atoms with E-state index in [9.17, 15) is 0 Å². The molecule has 0 heterocycles. The average Bonchev–Trinajstić information content (AvgIpc) is 2.95. The van der Waals surface area contributed by atoms with E-state index in [-0.39, 0.29) is 41.6 Å². The molecule has 0 N–H and O–H groups in total. The number of hydrogen-bond acceptors (Lipinski definition) is 0. The van der Waals surface area contributed by atoms with Crippen molar-refractivity contribution in [3.8, 4) is 0 Å². The zero-order valence-electron chi connectivity index (χ0n) is 21.5. The first-order chi connectivity index (χ1) is 14.3. The summed E-state index contributed by atoms with van der Waals surface area (Å²) in [5.41, 5.74) is 6.89. The molecule has 0 amide bonds. The normalized spacial score (nSPS) is 17.5. The van der Waals surface area contributed by atoms with E-state index in [4.69, 9.17) is 0 Å². The van der Waals surface area contributed by atoms with Crippen molar-refractivity contribution in [1.29, 1.82) is 0 Å². The van der Waals surface area contributed by atoms with Crippen molar-refractivity contribution in [3.05, 3.63) is 128 Å². The molecule has 0 aliphatic heterocycles. The Bertz CT molecular complexity index is 1110. The summed E-state index contributed by atoms with van der Waals surface area (Å²) in [6.07, 6.45) is 4.02. The molecular weight excluding hydrogens is 448 g/mol. The van der Waals surface area contributed by atoms with Crippen LogP contribution in [0.3, 0.4) is 0 Å². The molecule has 0 bridgehead atoms. The SMILES string of the molecule is CC1=[C-]C(C)([Si](c2ccccc2)(c2ccccc2C)c2ccccc2C)C(C)=C1C.[CH3-].[CH3-].[Ti+3]. The predicted molar refractivity (Wildman–Crippen MR) is 145 cm³/mol. The van der Waals surface area contributed by atoms with Gasteiger partial charge in [0.05, 0.1) is 0 Å². The van der Waals surface area contributed by atoms with Crippen molar-refractivity contribution in [2.45, 2.75) is 46.6 Å². The molecule has 1 radical (unpaired) electrons. The molecule has 2 heteroatoms. The van der Waals surface area contributed by atoms with E-state index < -0.39 is 8.07 Å². The van der Waals surface area contributed by atoms with Gasteiger partial charge in [-0.1, -0.05) is 116 Å². The Morgan fingerprint density at radius 3 is 1.45 bits per heavy atom. The van der Waals surface area contributed by atoms with Crippen LogP contribution < -0.4 is 15.6 Å². The quantitative estimate of drug-likeness (QED) is 0.224. The minimum Gasteiger partial charge on any atom is -0.358 e. The van der Waals surface area contributed by atoms with E-state index in [1.54, 1.807) is 0 Å². The Morgan fingerprint density at radius 2 is 1.06 bits per heavy atom. The van der Waals surface area contributed by atoms with Crippen LogP contribution >= 0.6 is 0 Å². The molecule has 3 aromatic rings. The van der Waals surface area contributed by atoms with Gasteiger partial charge >= 0.3 is 21.7 Å². The molecule has 3 aromatic carbocycles. The van der Waals surface area contributed by atoms with Gasteiger partial charge < -0.3 is 14.9 Å². The van der Waals surface area contributed by atoms with E-state index in [0.717, 1.165) is 0 Å². The van der Waals surface area contributed by atoms with Crippen LogP contribution in [-0.2, 0) is 21.7 Å². The van der Waals surface area contributed by atoms with Gasteiger partial charge in [0.15, 0.2) is 0 Å². The first-order valence-electron chi connectivity index (χ1n) is 10.8. The van der Waals surface area contributed by atoms with Gasteiger partial charge in [-0.05, 0) is 29.4 Å². The zero-order chi connectivity index (χ0) is 21.5. The third-order valence-electron chi connectivity index (χ3n) is 7.37. The number of rotatable bonds is 4. The summed E-state index contributed by atoms with van der Waals surface area (Å²) in [5, 5.41) is 4.26. The van der Waals surface area contributed by atoms with Gasteiger partial charge in [0, 0.05) is 0 Å². The van der Waals surface area contributed by atoms with E-state index in [1.807, 2.05) is 0 Å². The molecule has 0 aromatic heterocycles. The van der Waals surface area contributed by atoms with Gasteiger partial charge in [-0.15, -0.1) is 6.92 Å². The maximum atomic E-state index is 4.02. The standard InChI is InChI=1S/C29H31Si.2CH3.Ti/c1-21-14-10-12-18-27(21)30(26-16-8-7-9-17-26,28-19-13-11-15-22(28)2)29(6)20-23(3)24(4)25(29)5;;;/h7-19H,1-6H3;2*1H3;/q3*-1;+3. The van der Waals surface area contributed by atoms with Crippen LogP contribution in [0.5, 0.6) is 0 Å². The van der Waals surface area contributed by atoms with Gasteiger partial charge in [0.2, 0.25) is 0 Å². The number of hydrogen-bond donors (Lipinski definition) is 0. The molecule has 1 aliphatic rings. The summed E-state index contributed by atoms with van der Waals surface area (Å²) in [6, 6.07) is 29.3. The molecule has 0 saturated carbocycles. The second kappa shape index (κ2) is 11.0. The molecule has 33 heavy (non-hydrogen) atoms. The van der Waals surface area contributed by atoms with E-state index in [0.29, 0.717) is 0 Å². The average molecular weight is 486 g/mol. The summed E-state index contributed by atoms with van der Waals surface area (Å²) in [4.78, 5) is 0. The van der Waals surface area contributed by atoms with Gasteiger partial charge in [0.25, 0.3) is 0 Å². The Morgan fingerprint density at radius 1 is 0.636 bits per heavy atom. The summed E-state index contributed by atoms with van der Waals surface area (Å²) >= 11 is 0. The monoisotopic (exact) mass is 485 g/mol. The van der Waals surface area contributed by atoms with Crippen LogP contribution in [0.4, 0.5) is 0 Å². The van der Waals surface area contributed by atoms with Crippen LogP contribution in [0.1, 0.15) is 38.8 Å². The molecule has 4 rings (SSSR count). The van der Waals surface area contributed by atoms with Gasteiger partial charge in [-0.3, -0.25) is 6.08 Å². The largest absolute Gasteiger partial charge is 3.00 e. The fraction of sp³-hybridized carbons (Fsp3) is 0.226. The predicted octanol–water partition coefficient (Wildman–Crippen LogP) is 6.53. The van der Waals surface area contributed by atoms with Crippen LogP contribution in [0.15, 0.2) is 95.6 Å². The van der Waals surface area contributed by atoms with Crippen molar-refractivity contribution in [2.24, 2.45) is 0 Å². The number of allylic oxidation sites excluding steroid dienone is 4. The van der Waals surface area contributed by atoms with E-state index >= 15 is 0 Å². The Labute approximate surface area is 218 Å². The molecule has 1 atom stereocenters. The topological polar surface area (TPSA) is 0 Å². The fourth-order valence-corrected chi connectivity index (χ4v) is 12.0. The van der Waals surface area contributed by atoms with Crippen molar-refractivity contribution in [3.63, 3.8) is 0 Å². The second-order valence-corrected chi connectivity index (χ2v) is 13.0. The van der Waals surface area contributed by atoms with Gasteiger partial charge in [0.1, 0.15) is 8.07 Å². The summed E-state index contributed by atoms with van der Waals surface area (Å²) in [5.74, 6) is 0. The van der Waals surface area contributed by atoms with Crippen molar-refractivity contribution >= 4 is 23.6 Å². The first-order valence-corrected chi connectivity index (χ1v) is 12.8. The maximum absolute atomic E-state index is 4.02. The third-order valence-corrected chi connectivity index (χ3v) is 13.3. The molecule has 0 spiro atoms. The second-order valence-electron chi connectivity index (χ2n) is 8.87. The van der Waals surface area contributed by atoms with Gasteiger partial charge in [-0.25, -0.2) is 5.57 Å². The Balaban J connectivity index is 0.00000181. The third kappa shape index (κ3) is 4.32. The van der Waals surface area contributed by atoms with Crippen molar-refractivity contribution in [1.82, 2.24) is 0 Å². The van der Waals surface area contributed by atoms with Crippen molar-refractivity contribution < 1.29 is 21.7 Å². The molecule has 0 fully saturated rings. The van der Waals surface area contributed by atoms with Gasteiger partial charge in [-0.2, -0.15) is 11.1 Å². The van der Waals surface area contributed by atoms with Crippen molar-refractivity contribution in [2.75, 3.05) is 0 Å². The molecule has 0 nitrogen and oxygen atoms in total. The molecule has 0 saturated heterocycles. The minimum atomic E-state index is -2.54. The molecule has 1 unspecified atom stereocenters. The number of benzene rings is 3. The first kappa shape index (κ1) is 29.1. The maximum Gasteiger partial charge on any atom is 3.00 e. The number of aryl methyl sites for hydroxylation is 2. The smallest absolute Gasteiger partial charge is 0.358 e. The zero-order valence-corrected chi connectivity index (χ0v) is 24.1.